The fourth-order valence-electron chi connectivity index (χ4n) is 1.24. The third kappa shape index (κ3) is 5.16. The van der Waals surface area contributed by atoms with Crippen molar-refractivity contribution in [1.82, 2.24) is 9.97 Å². The second-order valence-electron chi connectivity index (χ2n) is 4.40. The van der Waals surface area contributed by atoms with Crippen molar-refractivity contribution in [3.05, 3.63) is 11.9 Å². The summed E-state index contributed by atoms with van der Waals surface area (Å²) in [6.45, 7) is 5.75. The maximum atomic E-state index is 12.8. The zero-order chi connectivity index (χ0) is 15.3. The molecule has 20 heavy (non-hydrogen) atoms. The largest absolute Gasteiger partial charge is 0.451 e. The molecular weight excluding hydrogens is 291 g/mol. The van der Waals surface area contributed by atoms with Crippen molar-refractivity contribution in [3.63, 3.8) is 0 Å². The van der Waals surface area contributed by atoms with Gasteiger partial charge in [-0.3, -0.25) is 0 Å². The van der Waals surface area contributed by atoms with Crippen LogP contribution in [0.2, 0.25) is 0 Å². The van der Waals surface area contributed by atoms with Crippen molar-refractivity contribution in [3.8, 4) is 0 Å². The van der Waals surface area contributed by atoms with E-state index in [1.54, 1.807) is 13.8 Å². The zero-order valence-corrected chi connectivity index (χ0v) is 12.3. The summed E-state index contributed by atoms with van der Waals surface area (Å²) in [4.78, 5) is 6.98. The molecule has 2 atom stereocenters. The van der Waals surface area contributed by atoms with Gasteiger partial charge in [-0.15, -0.1) is 11.8 Å². The van der Waals surface area contributed by atoms with E-state index in [0.717, 1.165) is 18.2 Å². The summed E-state index contributed by atoms with van der Waals surface area (Å²) >= 11 is 1.09. The second kappa shape index (κ2) is 7.12. The fourth-order valence-corrected chi connectivity index (χ4v) is 2.14. The highest BCUT2D eigenvalue weighted by Gasteiger charge is 2.35. The highest BCUT2D eigenvalue weighted by molar-refractivity contribution is 7.99. The van der Waals surface area contributed by atoms with Gasteiger partial charge in [-0.05, 0) is 13.3 Å². The Labute approximate surface area is 120 Å². The Balaban J connectivity index is 3.03. The van der Waals surface area contributed by atoms with E-state index in [2.05, 4.69) is 15.3 Å². The summed E-state index contributed by atoms with van der Waals surface area (Å²) in [5.41, 5.74) is 0. The predicted octanol–water partition coefficient (Wildman–Crippen LogP) is 3.18. The number of aromatic nitrogens is 2. The summed E-state index contributed by atoms with van der Waals surface area (Å²) in [6.07, 6.45) is -4.46. The number of aliphatic hydroxyl groups excluding tert-OH is 1. The van der Waals surface area contributed by atoms with Crippen molar-refractivity contribution in [2.24, 2.45) is 0 Å². The van der Waals surface area contributed by atoms with Crippen LogP contribution in [0.15, 0.2) is 11.1 Å². The van der Waals surface area contributed by atoms with E-state index >= 15 is 0 Å². The van der Waals surface area contributed by atoms with Crippen LogP contribution in [0.5, 0.6) is 0 Å². The lowest BCUT2D eigenvalue weighted by Gasteiger charge is -2.15. The molecule has 2 unspecified atom stereocenters. The highest BCUT2D eigenvalue weighted by atomic mass is 32.2. The molecule has 0 saturated heterocycles. The summed E-state index contributed by atoms with van der Waals surface area (Å²) < 4.78 is 38.3. The van der Waals surface area contributed by atoms with E-state index < -0.39 is 18.1 Å². The summed E-state index contributed by atoms with van der Waals surface area (Å²) in [5.74, 6) is -1.02. The number of thioether (sulfide) groups is 1. The number of aliphatic hydroxyl groups is 1. The van der Waals surface area contributed by atoms with E-state index in [-0.39, 0.29) is 16.1 Å². The van der Waals surface area contributed by atoms with E-state index in [9.17, 15) is 18.3 Å². The van der Waals surface area contributed by atoms with Gasteiger partial charge in [0.25, 0.3) is 0 Å². The first-order chi connectivity index (χ1) is 9.24. The van der Waals surface area contributed by atoms with Gasteiger partial charge in [-0.1, -0.05) is 13.8 Å². The number of nitrogens with zero attached hydrogens (tertiary/aromatic N) is 2. The quantitative estimate of drug-likeness (QED) is 0.624. The van der Waals surface area contributed by atoms with Gasteiger partial charge in [-0.25, -0.2) is 9.97 Å². The standard InChI is InChI=1S/C12H18F3N3OS/c1-4-5-16-9-6-10(20-8(3)7(2)19)18-11(17-9)12(13,14)15/h6-8,19H,4-5H2,1-3H3,(H,16,17,18). The van der Waals surface area contributed by atoms with Gasteiger partial charge in [0.2, 0.25) is 5.82 Å². The van der Waals surface area contributed by atoms with Crippen LogP contribution in [0.4, 0.5) is 19.0 Å². The van der Waals surface area contributed by atoms with Gasteiger partial charge in [0.15, 0.2) is 0 Å². The topological polar surface area (TPSA) is 58.0 Å². The highest BCUT2D eigenvalue weighted by Crippen LogP contribution is 2.31. The van der Waals surface area contributed by atoms with E-state index in [0.29, 0.717) is 6.54 Å². The van der Waals surface area contributed by atoms with E-state index in [1.165, 1.54) is 6.07 Å². The van der Waals surface area contributed by atoms with Gasteiger partial charge in [0.05, 0.1) is 6.10 Å². The zero-order valence-electron chi connectivity index (χ0n) is 11.5. The SMILES string of the molecule is CCCNc1cc(SC(C)C(C)O)nc(C(F)(F)F)n1. The number of alkyl halides is 3. The van der Waals surface area contributed by atoms with Gasteiger partial charge in [0, 0.05) is 17.9 Å². The molecule has 0 fully saturated rings. The van der Waals surface area contributed by atoms with Crippen molar-refractivity contribution in [2.75, 3.05) is 11.9 Å². The van der Waals surface area contributed by atoms with Crippen LogP contribution in [-0.4, -0.2) is 33.0 Å². The van der Waals surface area contributed by atoms with Crippen molar-refractivity contribution in [2.45, 2.75) is 49.7 Å². The van der Waals surface area contributed by atoms with E-state index in [4.69, 9.17) is 0 Å². The molecule has 0 radical (unpaired) electrons. The molecule has 2 N–H and O–H groups in total. The number of rotatable bonds is 6. The molecule has 8 heteroatoms. The first-order valence-electron chi connectivity index (χ1n) is 6.29. The smallest absolute Gasteiger partial charge is 0.392 e. The minimum Gasteiger partial charge on any atom is -0.392 e. The lowest BCUT2D eigenvalue weighted by Crippen LogP contribution is -2.17. The Bertz CT molecular complexity index is 440. The molecule has 1 rings (SSSR count). The Morgan fingerprint density at radius 2 is 2.00 bits per heavy atom. The lowest BCUT2D eigenvalue weighted by molar-refractivity contribution is -0.145. The molecule has 0 aliphatic carbocycles. The molecule has 0 bridgehead atoms. The molecule has 0 spiro atoms. The van der Waals surface area contributed by atoms with Crippen LogP contribution in [0.1, 0.15) is 33.0 Å². The van der Waals surface area contributed by atoms with Gasteiger partial charge in [-0.2, -0.15) is 13.2 Å². The number of hydrogen-bond acceptors (Lipinski definition) is 5. The Morgan fingerprint density at radius 1 is 1.35 bits per heavy atom. The molecule has 0 saturated carbocycles. The second-order valence-corrected chi connectivity index (χ2v) is 5.80. The molecule has 0 aliphatic heterocycles. The lowest BCUT2D eigenvalue weighted by atomic mass is 10.3. The molecule has 1 aromatic rings. The number of nitrogens with one attached hydrogen (secondary N) is 1. The molecule has 4 nitrogen and oxygen atoms in total. The summed E-state index contributed by atoms with van der Waals surface area (Å²) in [5, 5.41) is 12.2. The van der Waals surface area contributed by atoms with Gasteiger partial charge in [0.1, 0.15) is 10.8 Å². The maximum Gasteiger partial charge on any atom is 0.451 e. The van der Waals surface area contributed by atoms with Crippen LogP contribution < -0.4 is 5.32 Å². The first kappa shape index (κ1) is 17.0. The molecule has 1 aromatic heterocycles. The average molecular weight is 309 g/mol. The van der Waals surface area contributed by atoms with Crippen molar-refractivity contribution in [1.29, 1.82) is 0 Å². The van der Waals surface area contributed by atoms with Gasteiger partial charge >= 0.3 is 6.18 Å². The Kier molecular flexibility index (Phi) is 6.07. The normalized spacial score (nSPS) is 14.9. The van der Waals surface area contributed by atoms with Crippen molar-refractivity contribution < 1.29 is 18.3 Å². The van der Waals surface area contributed by atoms with Gasteiger partial charge < -0.3 is 10.4 Å². The number of halogens is 3. The third-order valence-electron chi connectivity index (χ3n) is 2.50. The Hall–Kier alpha value is -1.02. The van der Waals surface area contributed by atoms with Crippen molar-refractivity contribution >= 4 is 17.6 Å². The third-order valence-corrected chi connectivity index (χ3v) is 3.71. The minimum atomic E-state index is -4.59. The number of anilines is 1. The molecular formula is C12H18F3N3OS. The predicted molar refractivity (Wildman–Crippen MR) is 72.8 cm³/mol. The maximum absolute atomic E-state index is 12.8. The van der Waals surface area contributed by atoms with Crippen LogP contribution in [0.3, 0.4) is 0 Å². The number of hydrogen-bond donors (Lipinski definition) is 2. The van der Waals surface area contributed by atoms with Crippen LogP contribution in [-0.2, 0) is 6.18 Å². The van der Waals surface area contributed by atoms with E-state index in [1.807, 2.05) is 6.92 Å². The summed E-state index contributed by atoms with van der Waals surface area (Å²) in [7, 11) is 0. The molecule has 0 aliphatic rings. The van der Waals surface area contributed by atoms with Crippen LogP contribution in [0, 0.1) is 0 Å². The average Bonchev–Trinajstić information content (AvgIpc) is 2.34. The molecule has 1 heterocycles. The summed E-state index contributed by atoms with van der Waals surface area (Å²) in [6, 6.07) is 1.47. The molecule has 0 amide bonds. The van der Waals surface area contributed by atoms with Crippen LogP contribution in [0.25, 0.3) is 0 Å². The van der Waals surface area contributed by atoms with Crippen LogP contribution >= 0.6 is 11.8 Å². The first-order valence-corrected chi connectivity index (χ1v) is 7.17. The fraction of sp³-hybridized carbons (Fsp3) is 0.667. The monoisotopic (exact) mass is 309 g/mol. The Morgan fingerprint density at radius 3 is 2.50 bits per heavy atom. The molecule has 0 aromatic carbocycles. The minimum absolute atomic E-state index is 0.148. The molecule has 114 valence electrons.